The van der Waals surface area contributed by atoms with Gasteiger partial charge in [0.05, 0.1) is 6.61 Å². The highest BCUT2D eigenvalue weighted by molar-refractivity contribution is 4.84. The summed E-state index contributed by atoms with van der Waals surface area (Å²) in [5.74, 6) is 0.632. The zero-order chi connectivity index (χ0) is 10.7. The Balaban J connectivity index is 1.78. The maximum absolute atomic E-state index is 13.8. The van der Waals surface area contributed by atoms with Gasteiger partial charge >= 0.3 is 0 Å². The van der Waals surface area contributed by atoms with Crippen LogP contribution < -0.4 is 0 Å². The molecule has 2 saturated heterocycles. The lowest BCUT2D eigenvalue weighted by Gasteiger charge is -2.37. The van der Waals surface area contributed by atoms with Crippen molar-refractivity contribution in [2.45, 2.75) is 38.3 Å². The van der Waals surface area contributed by atoms with Gasteiger partial charge in [-0.25, -0.2) is 4.39 Å². The largest absolute Gasteiger partial charge is 0.381 e. The molecule has 2 aliphatic heterocycles. The van der Waals surface area contributed by atoms with E-state index in [9.17, 15) is 4.39 Å². The first-order valence-corrected chi connectivity index (χ1v) is 6.15. The van der Waals surface area contributed by atoms with E-state index in [1.165, 1.54) is 12.8 Å². The van der Waals surface area contributed by atoms with Crippen LogP contribution in [0.15, 0.2) is 0 Å². The van der Waals surface area contributed by atoms with Crippen molar-refractivity contribution in [3.8, 4) is 0 Å². The molecule has 2 fully saturated rings. The molecule has 15 heavy (non-hydrogen) atoms. The first-order chi connectivity index (χ1) is 7.16. The predicted molar refractivity (Wildman–Crippen MR) is 58.7 cm³/mol. The van der Waals surface area contributed by atoms with Crippen LogP contribution in [-0.4, -0.2) is 43.4 Å². The molecule has 0 saturated carbocycles. The van der Waals surface area contributed by atoms with E-state index in [4.69, 9.17) is 4.74 Å². The van der Waals surface area contributed by atoms with Gasteiger partial charge in [-0.05, 0) is 45.1 Å². The van der Waals surface area contributed by atoms with E-state index in [1.807, 2.05) is 0 Å². The molecular weight excluding hydrogens is 193 g/mol. The molecule has 2 heterocycles. The third kappa shape index (κ3) is 3.42. The first-order valence-electron chi connectivity index (χ1n) is 6.15. The van der Waals surface area contributed by atoms with E-state index in [0.29, 0.717) is 12.5 Å². The second kappa shape index (κ2) is 4.79. The molecule has 0 aromatic carbocycles. The molecular formula is C12H22FNO. The molecule has 0 unspecified atom stereocenters. The van der Waals surface area contributed by atoms with Crippen molar-refractivity contribution in [2.24, 2.45) is 5.92 Å². The summed E-state index contributed by atoms with van der Waals surface area (Å²) in [7, 11) is 0. The van der Waals surface area contributed by atoms with Crippen molar-refractivity contribution >= 4 is 0 Å². The summed E-state index contributed by atoms with van der Waals surface area (Å²) in [6.07, 6.45) is 4.15. The van der Waals surface area contributed by atoms with Crippen molar-refractivity contribution < 1.29 is 9.13 Å². The second-order valence-corrected chi connectivity index (χ2v) is 5.34. The summed E-state index contributed by atoms with van der Waals surface area (Å²) in [6.45, 7) is 6.23. The quantitative estimate of drug-likeness (QED) is 0.700. The van der Waals surface area contributed by atoms with Gasteiger partial charge in [-0.3, -0.25) is 4.90 Å². The van der Waals surface area contributed by atoms with Gasteiger partial charge in [-0.1, -0.05) is 0 Å². The summed E-state index contributed by atoms with van der Waals surface area (Å²) >= 11 is 0. The Labute approximate surface area is 91.8 Å². The van der Waals surface area contributed by atoms with Crippen molar-refractivity contribution in [3.63, 3.8) is 0 Å². The van der Waals surface area contributed by atoms with Crippen molar-refractivity contribution in [1.29, 1.82) is 0 Å². The van der Waals surface area contributed by atoms with Gasteiger partial charge in [0.15, 0.2) is 0 Å². The van der Waals surface area contributed by atoms with Gasteiger partial charge in [0.1, 0.15) is 5.67 Å². The van der Waals surface area contributed by atoms with Crippen LogP contribution in [0.5, 0.6) is 0 Å². The van der Waals surface area contributed by atoms with E-state index in [-0.39, 0.29) is 0 Å². The smallest absolute Gasteiger partial charge is 0.120 e. The minimum absolute atomic E-state index is 0.615. The molecule has 2 aliphatic rings. The van der Waals surface area contributed by atoms with E-state index < -0.39 is 5.67 Å². The predicted octanol–water partition coefficient (Wildman–Crippen LogP) is 2.24. The maximum atomic E-state index is 13.8. The highest BCUT2D eigenvalue weighted by atomic mass is 19.1. The molecule has 0 amide bonds. The van der Waals surface area contributed by atoms with E-state index in [2.05, 4.69) is 4.90 Å². The molecule has 0 N–H and O–H groups in total. The standard InChI is InChI=1S/C12H22FNO/c1-12(13)5-3-6-14(10-12)8-11-4-2-7-15-9-11/h11H,2-10H2,1H3/t11-,12-/m0/s1. The fourth-order valence-corrected chi connectivity index (χ4v) is 2.77. The Bertz CT molecular complexity index is 202. The Hall–Kier alpha value is -0.150. The van der Waals surface area contributed by atoms with Gasteiger partial charge < -0.3 is 4.74 Å². The molecule has 0 bridgehead atoms. The fourth-order valence-electron chi connectivity index (χ4n) is 2.77. The molecule has 2 atom stereocenters. The summed E-state index contributed by atoms with van der Waals surface area (Å²) in [5, 5.41) is 0. The molecule has 0 aliphatic carbocycles. The third-order valence-electron chi connectivity index (χ3n) is 3.50. The molecule has 2 rings (SSSR count). The summed E-state index contributed by atoms with van der Waals surface area (Å²) < 4.78 is 19.3. The lowest BCUT2D eigenvalue weighted by atomic mass is 9.94. The number of hydrogen-bond donors (Lipinski definition) is 0. The number of halogens is 1. The Morgan fingerprint density at radius 1 is 1.47 bits per heavy atom. The number of rotatable bonds is 2. The van der Waals surface area contributed by atoms with Crippen LogP contribution in [0.3, 0.4) is 0 Å². The molecule has 0 spiro atoms. The lowest BCUT2D eigenvalue weighted by Crippen LogP contribution is -2.46. The van der Waals surface area contributed by atoms with Crippen LogP contribution in [-0.2, 0) is 4.74 Å². The Morgan fingerprint density at radius 2 is 2.33 bits per heavy atom. The SMILES string of the molecule is C[C@]1(F)CCCN(C[C@@H]2CCCOC2)C1. The number of piperidine rings is 1. The third-order valence-corrected chi connectivity index (χ3v) is 3.50. The van der Waals surface area contributed by atoms with Crippen molar-refractivity contribution in [1.82, 2.24) is 4.90 Å². The Morgan fingerprint density at radius 3 is 3.00 bits per heavy atom. The van der Waals surface area contributed by atoms with Crippen LogP contribution in [0.25, 0.3) is 0 Å². The minimum atomic E-state index is -0.965. The van der Waals surface area contributed by atoms with Crippen LogP contribution in [0.4, 0.5) is 4.39 Å². The molecule has 2 nitrogen and oxygen atoms in total. The minimum Gasteiger partial charge on any atom is -0.381 e. The molecule has 0 aromatic rings. The fraction of sp³-hybridized carbons (Fsp3) is 1.00. The van der Waals surface area contributed by atoms with E-state index in [0.717, 1.165) is 39.1 Å². The zero-order valence-corrected chi connectivity index (χ0v) is 9.67. The monoisotopic (exact) mass is 215 g/mol. The van der Waals surface area contributed by atoms with Crippen LogP contribution in [0.2, 0.25) is 0 Å². The Kier molecular flexibility index (Phi) is 3.62. The van der Waals surface area contributed by atoms with Gasteiger partial charge in [-0.2, -0.15) is 0 Å². The topological polar surface area (TPSA) is 12.5 Å². The average molecular weight is 215 g/mol. The molecule has 0 radical (unpaired) electrons. The zero-order valence-electron chi connectivity index (χ0n) is 9.67. The number of ether oxygens (including phenoxy) is 1. The molecule has 0 aromatic heterocycles. The van der Waals surface area contributed by atoms with Gasteiger partial charge in [0.2, 0.25) is 0 Å². The van der Waals surface area contributed by atoms with Crippen LogP contribution >= 0.6 is 0 Å². The summed E-state index contributed by atoms with van der Waals surface area (Å²) in [6, 6.07) is 0. The number of likely N-dealkylation sites (tertiary alicyclic amines) is 1. The molecule has 88 valence electrons. The maximum Gasteiger partial charge on any atom is 0.120 e. The van der Waals surface area contributed by atoms with Crippen LogP contribution in [0, 0.1) is 5.92 Å². The van der Waals surface area contributed by atoms with Gasteiger partial charge in [-0.15, -0.1) is 0 Å². The van der Waals surface area contributed by atoms with Crippen LogP contribution in [0.1, 0.15) is 32.6 Å². The van der Waals surface area contributed by atoms with Gasteiger partial charge in [0, 0.05) is 19.7 Å². The van der Waals surface area contributed by atoms with Gasteiger partial charge in [0.25, 0.3) is 0 Å². The number of alkyl halides is 1. The average Bonchev–Trinajstić information content (AvgIpc) is 2.17. The summed E-state index contributed by atoms with van der Waals surface area (Å²) in [5.41, 5.74) is -0.965. The van der Waals surface area contributed by atoms with E-state index in [1.54, 1.807) is 6.92 Å². The first kappa shape index (κ1) is 11.3. The highest BCUT2D eigenvalue weighted by Crippen LogP contribution is 2.26. The van der Waals surface area contributed by atoms with Crippen molar-refractivity contribution in [2.75, 3.05) is 32.8 Å². The van der Waals surface area contributed by atoms with Crippen molar-refractivity contribution in [3.05, 3.63) is 0 Å². The number of hydrogen-bond acceptors (Lipinski definition) is 2. The highest BCUT2D eigenvalue weighted by Gasteiger charge is 2.31. The van der Waals surface area contributed by atoms with E-state index >= 15 is 0 Å². The normalized spacial score (nSPS) is 39.2. The summed E-state index contributed by atoms with van der Waals surface area (Å²) in [4.78, 5) is 2.28. The lowest BCUT2D eigenvalue weighted by molar-refractivity contribution is 0.0106. The number of nitrogens with zero attached hydrogens (tertiary/aromatic N) is 1. The second-order valence-electron chi connectivity index (χ2n) is 5.34. The molecule has 3 heteroatoms.